The fraction of sp³-hybridized carbons (Fsp3) is 0.500. The number of hydrogen-bond acceptors (Lipinski definition) is 6. The van der Waals surface area contributed by atoms with Crippen molar-refractivity contribution in [2.75, 3.05) is 17.8 Å². The molecule has 3 aromatic rings. The Hall–Kier alpha value is -2.97. The zero-order chi connectivity index (χ0) is 27.5. The predicted molar refractivity (Wildman–Crippen MR) is 156 cm³/mol. The Morgan fingerprint density at radius 2 is 1.70 bits per heavy atom. The van der Waals surface area contributed by atoms with Gasteiger partial charge in [-0.15, -0.1) is 0 Å². The molecule has 0 unspecified atom stereocenters. The molecule has 0 amide bonds. The minimum Gasteiger partial charge on any atom is -0.474 e. The summed E-state index contributed by atoms with van der Waals surface area (Å²) in [6, 6.07) is 15.9. The molecule has 1 spiro atoms. The van der Waals surface area contributed by atoms with Crippen molar-refractivity contribution in [1.82, 2.24) is 14.9 Å². The topological polar surface area (TPSA) is 84.4 Å². The molecule has 210 valence electrons. The van der Waals surface area contributed by atoms with Crippen LogP contribution in [-0.4, -0.2) is 48.5 Å². The van der Waals surface area contributed by atoms with E-state index in [1.54, 1.807) is 12.1 Å². The lowest BCUT2D eigenvalue weighted by molar-refractivity contribution is 0.00945. The highest BCUT2D eigenvalue weighted by molar-refractivity contribution is 7.92. The molecule has 3 heterocycles. The second-order valence-electron chi connectivity index (χ2n) is 12.6. The maximum absolute atomic E-state index is 13.4. The van der Waals surface area contributed by atoms with Crippen LogP contribution in [-0.2, 0) is 16.4 Å². The van der Waals surface area contributed by atoms with Crippen LogP contribution in [0.1, 0.15) is 61.6 Å². The SMILES string of the molecule is Cc1cccc(C)c1-c1cc2nc(n1)NS(=O)(=O)c1cccc(c1)C[C@@H]1CN(C3CCC4(CC3)CC4)CC[C@H]1O2. The summed E-state index contributed by atoms with van der Waals surface area (Å²) in [6.45, 7) is 6.06. The highest BCUT2D eigenvalue weighted by Gasteiger charge is 2.46. The number of benzene rings is 2. The highest BCUT2D eigenvalue weighted by atomic mass is 32.2. The molecular weight excluding hydrogens is 520 g/mol. The first-order valence-corrected chi connectivity index (χ1v) is 16.2. The van der Waals surface area contributed by atoms with Crippen molar-refractivity contribution in [3.05, 3.63) is 65.2 Å². The van der Waals surface area contributed by atoms with Crippen molar-refractivity contribution in [2.24, 2.45) is 11.3 Å². The van der Waals surface area contributed by atoms with Crippen LogP contribution in [0.5, 0.6) is 5.88 Å². The van der Waals surface area contributed by atoms with E-state index in [1.165, 1.54) is 38.5 Å². The lowest BCUT2D eigenvalue weighted by Gasteiger charge is -2.44. The summed E-state index contributed by atoms with van der Waals surface area (Å²) in [4.78, 5) is 12.2. The van der Waals surface area contributed by atoms with Gasteiger partial charge in [0.05, 0.1) is 10.6 Å². The molecule has 7 rings (SSSR count). The van der Waals surface area contributed by atoms with Gasteiger partial charge in [-0.05, 0) is 99.5 Å². The fourth-order valence-electron chi connectivity index (χ4n) is 7.33. The van der Waals surface area contributed by atoms with Crippen molar-refractivity contribution in [1.29, 1.82) is 0 Å². The zero-order valence-electron chi connectivity index (χ0n) is 23.4. The van der Waals surface area contributed by atoms with Crippen LogP contribution in [0.3, 0.4) is 0 Å². The standard InChI is InChI=1S/C32H38N4O3S/c1-21-5-3-6-22(2)30(21)27-19-29-34-31(33-27)35-40(37,38)26-8-4-7-23(18-26)17-24-20-36(16-11-28(24)39-29)25-9-12-32(13-10-25)14-15-32/h3-8,18-19,24-25,28H,9-17,20H2,1-2H3,(H,33,34,35)/t24-,28-/m1/s1. The van der Waals surface area contributed by atoms with Gasteiger partial charge in [0.2, 0.25) is 11.8 Å². The van der Waals surface area contributed by atoms with Crippen LogP contribution in [0.25, 0.3) is 11.3 Å². The van der Waals surface area contributed by atoms with E-state index < -0.39 is 10.0 Å². The van der Waals surface area contributed by atoms with E-state index in [-0.39, 0.29) is 22.9 Å². The van der Waals surface area contributed by atoms with Crippen molar-refractivity contribution in [3.63, 3.8) is 0 Å². The monoisotopic (exact) mass is 558 g/mol. The van der Waals surface area contributed by atoms with Gasteiger partial charge in [-0.2, -0.15) is 4.98 Å². The van der Waals surface area contributed by atoms with E-state index in [2.05, 4.69) is 19.6 Å². The summed E-state index contributed by atoms with van der Waals surface area (Å²) >= 11 is 0. The molecule has 1 aromatic heterocycles. The summed E-state index contributed by atoms with van der Waals surface area (Å²) in [7, 11) is -3.87. The van der Waals surface area contributed by atoms with E-state index in [0.717, 1.165) is 48.2 Å². The number of ether oxygens (including phenoxy) is 1. The number of fused-ring (bicyclic) bond motifs is 5. The van der Waals surface area contributed by atoms with E-state index >= 15 is 0 Å². The Labute approximate surface area is 237 Å². The summed E-state index contributed by atoms with van der Waals surface area (Å²) in [5.41, 5.74) is 5.47. The quantitative estimate of drug-likeness (QED) is 0.421. The Morgan fingerprint density at radius 1 is 0.950 bits per heavy atom. The van der Waals surface area contributed by atoms with E-state index in [1.807, 2.05) is 50.2 Å². The third-order valence-electron chi connectivity index (χ3n) is 9.83. The van der Waals surface area contributed by atoms with Crippen molar-refractivity contribution in [3.8, 4) is 17.1 Å². The minimum atomic E-state index is -3.87. The van der Waals surface area contributed by atoms with Gasteiger partial charge < -0.3 is 4.74 Å². The number of anilines is 1. The first kappa shape index (κ1) is 26.0. The predicted octanol–water partition coefficient (Wildman–Crippen LogP) is 5.91. The maximum Gasteiger partial charge on any atom is 0.264 e. The number of likely N-dealkylation sites (tertiary alicyclic amines) is 1. The van der Waals surface area contributed by atoms with Gasteiger partial charge in [0, 0.05) is 36.7 Å². The molecule has 3 fully saturated rings. The third kappa shape index (κ3) is 5.00. The Balaban J connectivity index is 1.25. The average Bonchev–Trinajstić information content (AvgIpc) is 3.68. The highest BCUT2D eigenvalue weighted by Crippen LogP contribution is 2.56. The first-order chi connectivity index (χ1) is 19.3. The van der Waals surface area contributed by atoms with Crippen LogP contribution in [0, 0.1) is 25.2 Å². The summed E-state index contributed by atoms with van der Waals surface area (Å²) < 4.78 is 36.2. The lowest BCUT2D eigenvalue weighted by Crippen LogP contribution is -2.51. The van der Waals surface area contributed by atoms with Crippen molar-refractivity contribution < 1.29 is 13.2 Å². The Kier molecular flexibility index (Phi) is 6.39. The molecule has 2 aliphatic carbocycles. The maximum atomic E-state index is 13.4. The van der Waals surface area contributed by atoms with Gasteiger partial charge in [0.25, 0.3) is 10.0 Å². The number of hydrogen-bond donors (Lipinski definition) is 1. The molecule has 2 atom stereocenters. The van der Waals surface area contributed by atoms with E-state index in [9.17, 15) is 8.42 Å². The number of rotatable bonds is 2. The minimum absolute atomic E-state index is 0.0112. The third-order valence-corrected chi connectivity index (χ3v) is 11.2. The van der Waals surface area contributed by atoms with Gasteiger partial charge in [-0.3, -0.25) is 4.90 Å². The summed E-state index contributed by atoms with van der Waals surface area (Å²) in [5.74, 6) is 0.690. The van der Waals surface area contributed by atoms with Gasteiger partial charge >= 0.3 is 0 Å². The number of aromatic nitrogens is 2. The van der Waals surface area contributed by atoms with Gasteiger partial charge in [-0.1, -0.05) is 30.3 Å². The molecule has 2 saturated carbocycles. The molecule has 8 heteroatoms. The summed E-state index contributed by atoms with van der Waals surface area (Å²) in [6.07, 6.45) is 9.88. The average molecular weight is 559 g/mol. The second-order valence-corrected chi connectivity index (χ2v) is 14.3. The van der Waals surface area contributed by atoms with Crippen LogP contribution in [0.15, 0.2) is 53.4 Å². The van der Waals surface area contributed by atoms with Crippen LogP contribution in [0.4, 0.5) is 5.95 Å². The molecule has 1 saturated heterocycles. The molecule has 40 heavy (non-hydrogen) atoms. The van der Waals surface area contributed by atoms with Crippen LogP contribution < -0.4 is 9.46 Å². The Bertz CT molecular complexity index is 1520. The van der Waals surface area contributed by atoms with Crippen LogP contribution in [0.2, 0.25) is 0 Å². The number of nitrogens with zero attached hydrogens (tertiary/aromatic N) is 3. The van der Waals surface area contributed by atoms with Crippen LogP contribution >= 0.6 is 0 Å². The second kappa shape index (κ2) is 9.84. The van der Waals surface area contributed by atoms with E-state index in [4.69, 9.17) is 4.74 Å². The van der Waals surface area contributed by atoms with E-state index in [0.29, 0.717) is 23.0 Å². The lowest BCUT2D eigenvalue weighted by atomic mass is 9.81. The number of nitrogens with one attached hydrogen (secondary N) is 1. The molecule has 1 N–H and O–H groups in total. The summed E-state index contributed by atoms with van der Waals surface area (Å²) in [5, 5.41) is 0. The molecule has 7 nitrogen and oxygen atoms in total. The fourth-order valence-corrected chi connectivity index (χ4v) is 8.35. The number of sulfonamides is 1. The molecule has 4 bridgehead atoms. The van der Waals surface area contributed by atoms with Crippen molar-refractivity contribution >= 4 is 16.0 Å². The first-order valence-electron chi connectivity index (χ1n) is 14.8. The Morgan fingerprint density at radius 3 is 2.45 bits per heavy atom. The molecule has 2 aromatic carbocycles. The number of aryl methyl sites for hydroxylation is 2. The molecule has 0 radical (unpaired) electrons. The molecule has 4 aliphatic rings. The number of piperidine rings is 1. The smallest absolute Gasteiger partial charge is 0.264 e. The normalized spacial score (nSPS) is 26.9. The van der Waals surface area contributed by atoms with Gasteiger partial charge in [-0.25, -0.2) is 18.1 Å². The van der Waals surface area contributed by atoms with Gasteiger partial charge in [0.15, 0.2) is 0 Å². The van der Waals surface area contributed by atoms with Crippen molar-refractivity contribution in [2.45, 2.75) is 82.3 Å². The molecule has 2 aliphatic heterocycles. The zero-order valence-corrected chi connectivity index (χ0v) is 24.2. The largest absolute Gasteiger partial charge is 0.474 e. The molecular formula is C32H38N4O3S. The van der Waals surface area contributed by atoms with Gasteiger partial charge in [0.1, 0.15) is 6.10 Å².